The fraction of sp³-hybridized carbons (Fsp3) is 0.278. The van der Waals surface area contributed by atoms with E-state index in [2.05, 4.69) is 10.1 Å². The zero-order valence-electron chi connectivity index (χ0n) is 14.1. The Labute approximate surface area is 144 Å². The molecule has 0 aliphatic heterocycles. The number of alkyl halides is 2. The van der Waals surface area contributed by atoms with Gasteiger partial charge in [0.15, 0.2) is 0 Å². The van der Waals surface area contributed by atoms with Crippen LogP contribution >= 0.6 is 0 Å². The molecule has 0 saturated heterocycles. The molecule has 0 aliphatic rings. The number of methoxy groups -OCH3 is 2. The Bertz CT molecular complexity index is 737. The number of carbonyl (C=O) groups excluding carboxylic acids is 1. The van der Waals surface area contributed by atoms with Crippen molar-refractivity contribution in [1.82, 2.24) is 5.32 Å². The number of ether oxygens (including phenoxy) is 3. The van der Waals surface area contributed by atoms with E-state index >= 15 is 0 Å². The number of amides is 1. The third-order valence-corrected chi connectivity index (χ3v) is 3.57. The van der Waals surface area contributed by atoms with E-state index in [1.807, 2.05) is 0 Å². The van der Waals surface area contributed by atoms with Crippen LogP contribution in [0.3, 0.4) is 0 Å². The summed E-state index contributed by atoms with van der Waals surface area (Å²) >= 11 is 0. The largest absolute Gasteiger partial charge is 0.497 e. The molecule has 0 spiro atoms. The SMILES string of the molecule is COc1ccc(OC)c(C(C)NC(=O)c2cccc(OC(F)F)c2)c1. The molecule has 7 heteroatoms. The van der Waals surface area contributed by atoms with Gasteiger partial charge in [-0.05, 0) is 43.3 Å². The van der Waals surface area contributed by atoms with Crippen molar-refractivity contribution in [2.75, 3.05) is 14.2 Å². The summed E-state index contributed by atoms with van der Waals surface area (Å²) in [5.41, 5.74) is 0.946. The molecule has 134 valence electrons. The Balaban J connectivity index is 2.17. The minimum Gasteiger partial charge on any atom is -0.497 e. The molecule has 0 aromatic heterocycles. The Morgan fingerprint density at radius 1 is 1.04 bits per heavy atom. The zero-order valence-corrected chi connectivity index (χ0v) is 14.1. The molecule has 5 nitrogen and oxygen atoms in total. The van der Waals surface area contributed by atoms with Gasteiger partial charge in [-0.25, -0.2) is 0 Å². The first-order valence-corrected chi connectivity index (χ1v) is 7.52. The summed E-state index contributed by atoms with van der Waals surface area (Å²) in [6, 6.07) is 10.5. The van der Waals surface area contributed by atoms with Gasteiger partial charge < -0.3 is 19.5 Å². The van der Waals surface area contributed by atoms with E-state index in [4.69, 9.17) is 9.47 Å². The second-order valence-electron chi connectivity index (χ2n) is 5.21. The zero-order chi connectivity index (χ0) is 18.4. The summed E-state index contributed by atoms with van der Waals surface area (Å²) in [5.74, 6) is 0.735. The lowest BCUT2D eigenvalue weighted by atomic mass is 10.1. The van der Waals surface area contributed by atoms with Crippen LogP contribution in [-0.4, -0.2) is 26.7 Å². The predicted molar refractivity (Wildman–Crippen MR) is 88.5 cm³/mol. The van der Waals surface area contributed by atoms with Gasteiger partial charge >= 0.3 is 6.61 Å². The van der Waals surface area contributed by atoms with Crippen LogP contribution < -0.4 is 19.5 Å². The highest BCUT2D eigenvalue weighted by molar-refractivity contribution is 5.94. The van der Waals surface area contributed by atoms with Crippen LogP contribution in [0.25, 0.3) is 0 Å². The van der Waals surface area contributed by atoms with Gasteiger partial charge in [0.05, 0.1) is 20.3 Å². The lowest BCUT2D eigenvalue weighted by Gasteiger charge is -2.18. The molecule has 0 heterocycles. The number of hydrogen-bond donors (Lipinski definition) is 1. The third-order valence-electron chi connectivity index (χ3n) is 3.57. The molecule has 1 atom stereocenters. The monoisotopic (exact) mass is 351 g/mol. The summed E-state index contributed by atoms with van der Waals surface area (Å²) in [4.78, 5) is 12.4. The van der Waals surface area contributed by atoms with E-state index < -0.39 is 18.6 Å². The minimum atomic E-state index is -2.95. The van der Waals surface area contributed by atoms with Crippen LogP contribution in [-0.2, 0) is 0 Å². The molecule has 1 unspecified atom stereocenters. The standard InChI is InChI=1S/C18H19F2NO4/c1-11(15-10-13(23-2)7-8-16(15)24-3)21-17(22)12-5-4-6-14(9-12)25-18(19)20/h4-11,18H,1-3H3,(H,21,22). The van der Waals surface area contributed by atoms with Crippen LogP contribution in [0.2, 0.25) is 0 Å². The topological polar surface area (TPSA) is 56.8 Å². The Morgan fingerprint density at radius 2 is 1.80 bits per heavy atom. The molecule has 0 radical (unpaired) electrons. The molecule has 0 saturated carbocycles. The van der Waals surface area contributed by atoms with E-state index in [1.165, 1.54) is 31.4 Å². The van der Waals surface area contributed by atoms with Crippen LogP contribution in [0.1, 0.15) is 28.9 Å². The van der Waals surface area contributed by atoms with Gasteiger partial charge in [0, 0.05) is 11.1 Å². The second-order valence-corrected chi connectivity index (χ2v) is 5.21. The van der Waals surface area contributed by atoms with Gasteiger partial charge in [0.1, 0.15) is 17.2 Å². The number of rotatable bonds is 7. The van der Waals surface area contributed by atoms with Gasteiger partial charge in [-0.2, -0.15) is 8.78 Å². The van der Waals surface area contributed by atoms with Gasteiger partial charge in [-0.3, -0.25) is 4.79 Å². The smallest absolute Gasteiger partial charge is 0.387 e. The van der Waals surface area contributed by atoms with Crippen molar-refractivity contribution in [3.05, 3.63) is 53.6 Å². The van der Waals surface area contributed by atoms with Crippen molar-refractivity contribution in [2.24, 2.45) is 0 Å². The Morgan fingerprint density at radius 3 is 2.44 bits per heavy atom. The van der Waals surface area contributed by atoms with Crippen LogP contribution in [0.5, 0.6) is 17.2 Å². The quantitative estimate of drug-likeness (QED) is 0.824. The molecule has 2 aromatic carbocycles. The van der Waals surface area contributed by atoms with E-state index in [1.54, 1.807) is 32.2 Å². The minimum absolute atomic E-state index is 0.0748. The lowest BCUT2D eigenvalue weighted by molar-refractivity contribution is -0.0498. The van der Waals surface area contributed by atoms with E-state index in [-0.39, 0.29) is 11.3 Å². The maximum atomic E-state index is 12.4. The van der Waals surface area contributed by atoms with Crippen LogP contribution in [0.4, 0.5) is 8.78 Å². The number of benzene rings is 2. The molecule has 0 aliphatic carbocycles. The van der Waals surface area contributed by atoms with Crippen LogP contribution in [0, 0.1) is 0 Å². The number of halogens is 2. The lowest BCUT2D eigenvalue weighted by Crippen LogP contribution is -2.27. The summed E-state index contributed by atoms with van der Waals surface area (Å²) in [6.07, 6.45) is 0. The highest BCUT2D eigenvalue weighted by Gasteiger charge is 2.17. The normalized spacial score (nSPS) is 11.8. The van der Waals surface area contributed by atoms with Gasteiger partial charge in [-0.1, -0.05) is 6.07 Å². The van der Waals surface area contributed by atoms with E-state index in [0.717, 1.165) is 5.56 Å². The second kappa shape index (κ2) is 8.32. The van der Waals surface area contributed by atoms with Crippen LogP contribution in [0.15, 0.2) is 42.5 Å². The maximum Gasteiger partial charge on any atom is 0.387 e. The molecule has 2 aromatic rings. The molecule has 1 amide bonds. The average Bonchev–Trinajstić information content (AvgIpc) is 2.60. The van der Waals surface area contributed by atoms with Crippen molar-refractivity contribution in [3.8, 4) is 17.2 Å². The highest BCUT2D eigenvalue weighted by Crippen LogP contribution is 2.29. The van der Waals surface area contributed by atoms with E-state index in [0.29, 0.717) is 11.5 Å². The van der Waals surface area contributed by atoms with Gasteiger partial charge in [-0.15, -0.1) is 0 Å². The predicted octanol–water partition coefficient (Wildman–Crippen LogP) is 3.80. The fourth-order valence-corrected chi connectivity index (χ4v) is 2.35. The highest BCUT2D eigenvalue weighted by atomic mass is 19.3. The number of hydrogen-bond acceptors (Lipinski definition) is 4. The Hall–Kier alpha value is -2.83. The molecule has 25 heavy (non-hydrogen) atoms. The third kappa shape index (κ3) is 4.82. The van der Waals surface area contributed by atoms with Gasteiger partial charge in [0.25, 0.3) is 5.91 Å². The fourth-order valence-electron chi connectivity index (χ4n) is 2.35. The molecule has 0 fully saturated rings. The molecular weight excluding hydrogens is 332 g/mol. The van der Waals surface area contributed by atoms with Crippen molar-refractivity contribution in [3.63, 3.8) is 0 Å². The molecule has 2 rings (SSSR count). The first kappa shape index (κ1) is 18.5. The summed E-state index contributed by atoms with van der Waals surface area (Å²) < 4.78 is 39.4. The summed E-state index contributed by atoms with van der Waals surface area (Å²) in [6.45, 7) is -1.16. The number of carbonyl (C=O) groups is 1. The van der Waals surface area contributed by atoms with Crippen molar-refractivity contribution < 1.29 is 27.8 Å². The van der Waals surface area contributed by atoms with Crippen molar-refractivity contribution >= 4 is 5.91 Å². The van der Waals surface area contributed by atoms with Crippen molar-refractivity contribution in [1.29, 1.82) is 0 Å². The summed E-state index contributed by atoms with van der Waals surface area (Å²) in [7, 11) is 3.08. The van der Waals surface area contributed by atoms with Crippen molar-refractivity contribution in [2.45, 2.75) is 19.6 Å². The molecular formula is C18H19F2NO4. The first-order valence-electron chi connectivity index (χ1n) is 7.52. The van der Waals surface area contributed by atoms with E-state index in [9.17, 15) is 13.6 Å². The summed E-state index contributed by atoms with van der Waals surface area (Å²) in [5, 5.41) is 2.80. The Kier molecular flexibility index (Phi) is 6.16. The molecule has 0 bridgehead atoms. The number of nitrogens with one attached hydrogen (secondary N) is 1. The maximum absolute atomic E-state index is 12.4. The van der Waals surface area contributed by atoms with Gasteiger partial charge in [0.2, 0.25) is 0 Å². The average molecular weight is 351 g/mol. The molecule has 1 N–H and O–H groups in total. The first-order chi connectivity index (χ1) is 11.9.